The number of rotatable bonds is 4. The van der Waals surface area contributed by atoms with Crippen molar-refractivity contribution < 1.29 is 0 Å². The van der Waals surface area contributed by atoms with E-state index in [9.17, 15) is 0 Å². The molecule has 0 unspecified atom stereocenters. The summed E-state index contributed by atoms with van der Waals surface area (Å²) in [5, 5.41) is 5.48. The summed E-state index contributed by atoms with van der Waals surface area (Å²) in [7, 11) is 0. The van der Waals surface area contributed by atoms with E-state index in [-0.39, 0.29) is 0 Å². The van der Waals surface area contributed by atoms with E-state index in [0.29, 0.717) is 11.5 Å². The highest BCUT2D eigenvalue weighted by Crippen LogP contribution is 2.35. The lowest BCUT2D eigenvalue weighted by molar-refractivity contribution is 1.02. The van der Waals surface area contributed by atoms with Crippen molar-refractivity contribution in [2.24, 2.45) is 10.1 Å². The van der Waals surface area contributed by atoms with Gasteiger partial charge in [-0.3, -0.25) is 5.43 Å². The number of para-hydroxylation sites is 1. The van der Waals surface area contributed by atoms with Crippen molar-refractivity contribution in [3.05, 3.63) is 103 Å². The molecule has 0 saturated heterocycles. The van der Waals surface area contributed by atoms with E-state index in [1.165, 1.54) is 0 Å². The first kappa shape index (κ1) is 21.9. The lowest BCUT2D eigenvalue weighted by Crippen LogP contribution is -2.20. The Morgan fingerprint density at radius 3 is 2.35 bits per heavy atom. The average Bonchev–Trinajstić information content (AvgIpc) is 2.76. The second kappa shape index (κ2) is 9.85. The van der Waals surface area contributed by atoms with Crippen LogP contribution in [0.5, 0.6) is 0 Å². The van der Waals surface area contributed by atoms with Gasteiger partial charge in [-0.05, 0) is 86.3 Å². The standard InChI is InChI=1S/C24H17Br3N4/c1-15-12-19(26)23(20(27)13-15)30-24(31-28-14-16-6-9-18(25)10-7-16)22-11-8-17-4-2-3-5-21(17)29-22/h2-14H,1H3,(H,30,31)/b28-14+. The van der Waals surface area contributed by atoms with Gasteiger partial charge in [0.15, 0.2) is 5.84 Å². The van der Waals surface area contributed by atoms with Gasteiger partial charge in [0.2, 0.25) is 0 Å². The SMILES string of the molecule is Cc1cc(Br)c(N=C(N/N=C/c2ccc(Br)cc2)c2ccc3ccccc3n2)c(Br)c1. The largest absolute Gasteiger partial charge is 0.260 e. The number of hydrazone groups is 1. The molecule has 0 amide bonds. The van der Waals surface area contributed by atoms with E-state index >= 15 is 0 Å². The number of hydrogen-bond acceptors (Lipinski definition) is 3. The Bertz CT molecular complexity index is 1270. The molecule has 7 heteroatoms. The molecule has 1 heterocycles. The van der Waals surface area contributed by atoms with Gasteiger partial charge in [-0.1, -0.05) is 52.3 Å². The Hall–Kier alpha value is -2.35. The molecule has 0 aliphatic heterocycles. The third-order valence-corrected chi connectivity index (χ3v) is 6.22. The van der Waals surface area contributed by atoms with Gasteiger partial charge >= 0.3 is 0 Å². The van der Waals surface area contributed by atoms with Gasteiger partial charge in [0, 0.05) is 18.8 Å². The van der Waals surface area contributed by atoms with E-state index in [1.807, 2.05) is 79.7 Å². The zero-order chi connectivity index (χ0) is 21.8. The summed E-state index contributed by atoms with van der Waals surface area (Å²) < 4.78 is 2.79. The van der Waals surface area contributed by atoms with Crippen LogP contribution in [0.15, 0.2) is 96.3 Å². The molecule has 0 aliphatic carbocycles. The molecule has 4 nitrogen and oxygen atoms in total. The van der Waals surface area contributed by atoms with Gasteiger partial charge in [0.1, 0.15) is 5.69 Å². The molecule has 0 fully saturated rings. The van der Waals surface area contributed by atoms with Crippen LogP contribution >= 0.6 is 47.8 Å². The fourth-order valence-electron chi connectivity index (χ4n) is 2.97. The summed E-state index contributed by atoms with van der Waals surface area (Å²) in [5.74, 6) is 0.546. The molecule has 31 heavy (non-hydrogen) atoms. The fraction of sp³-hybridized carbons (Fsp3) is 0.0417. The first-order valence-corrected chi connectivity index (χ1v) is 11.8. The summed E-state index contributed by atoms with van der Waals surface area (Å²) >= 11 is 10.7. The van der Waals surface area contributed by atoms with Gasteiger partial charge in [-0.2, -0.15) is 5.10 Å². The van der Waals surface area contributed by atoms with Crippen molar-refractivity contribution in [1.82, 2.24) is 10.4 Å². The Morgan fingerprint density at radius 1 is 0.903 bits per heavy atom. The lowest BCUT2D eigenvalue weighted by atomic mass is 10.2. The molecule has 4 rings (SSSR count). The Kier molecular flexibility index (Phi) is 6.95. The highest BCUT2D eigenvalue weighted by atomic mass is 79.9. The van der Waals surface area contributed by atoms with Crippen LogP contribution in [0.3, 0.4) is 0 Å². The minimum Gasteiger partial charge on any atom is -0.260 e. The number of hydrogen-bond donors (Lipinski definition) is 1. The van der Waals surface area contributed by atoms with Crippen LogP contribution < -0.4 is 5.43 Å². The number of aliphatic imine (C=N–C) groups is 1. The van der Waals surface area contributed by atoms with Crippen molar-refractivity contribution in [3.8, 4) is 0 Å². The van der Waals surface area contributed by atoms with E-state index in [2.05, 4.69) is 58.3 Å². The van der Waals surface area contributed by atoms with Gasteiger partial charge in [-0.25, -0.2) is 9.98 Å². The number of nitrogens with zero attached hydrogens (tertiary/aromatic N) is 3. The number of pyridine rings is 1. The summed E-state index contributed by atoms with van der Waals surface area (Å²) in [6.45, 7) is 2.04. The quantitative estimate of drug-likeness (QED) is 0.150. The summed E-state index contributed by atoms with van der Waals surface area (Å²) in [5.41, 5.74) is 7.55. The fourth-order valence-corrected chi connectivity index (χ4v) is 4.82. The number of nitrogens with one attached hydrogen (secondary N) is 1. The summed E-state index contributed by atoms with van der Waals surface area (Å²) in [4.78, 5) is 9.63. The molecular formula is C24H17Br3N4. The topological polar surface area (TPSA) is 49.6 Å². The molecular weight excluding hydrogens is 584 g/mol. The monoisotopic (exact) mass is 598 g/mol. The average molecular weight is 601 g/mol. The number of fused-ring (bicyclic) bond motifs is 1. The maximum absolute atomic E-state index is 4.85. The van der Waals surface area contributed by atoms with Crippen LogP contribution in [-0.2, 0) is 0 Å². The normalized spacial score (nSPS) is 11.9. The second-order valence-electron chi connectivity index (χ2n) is 6.85. The molecule has 0 saturated carbocycles. The molecule has 1 N–H and O–H groups in total. The minimum absolute atomic E-state index is 0.546. The first-order chi connectivity index (χ1) is 15.0. The highest BCUT2D eigenvalue weighted by molar-refractivity contribution is 9.11. The number of aryl methyl sites for hydroxylation is 1. The van der Waals surface area contributed by atoms with Crippen molar-refractivity contribution in [3.63, 3.8) is 0 Å². The van der Waals surface area contributed by atoms with Crippen LogP contribution in [0.25, 0.3) is 10.9 Å². The van der Waals surface area contributed by atoms with Gasteiger partial charge < -0.3 is 0 Å². The van der Waals surface area contributed by atoms with E-state index in [0.717, 1.165) is 41.1 Å². The Morgan fingerprint density at radius 2 is 1.61 bits per heavy atom. The smallest absolute Gasteiger partial charge is 0.173 e. The van der Waals surface area contributed by atoms with Crippen molar-refractivity contribution >= 4 is 76.4 Å². The van der Waals surface area contributed by atoms with Crippen LogP contribution in [-0.4, -0.2) is 17.0 Å². The number of benzene rings is 3. The minimum atomic E-state index is 0.546. The Labute approximate surface area is 205 Å². The van der Waals surface area contributed by atoms with Crippen molar-refractivity contribution in [1.29, 1.82) is 0 Å². The maximum atomic E-state index is 4.85. The highest BCUT2D eigenvalue weighted by Gasteiger charge is 2.11. The molecule has 4 aromatic rings. The van der Waals surface area contributed by atoms with Crippen LogP contribution in [0.4, 0.5) is 5.69 Å². The molecule has 3 aromatic carbocycles. The van der Waals surface area contributed by atoms with Crippen LogP contribution in [0, 0.1) is 6.92 Å². The first-order valence-electron chi connectivity index (χ1n) is 9.45. The molecule has 154 valence electrons. The predicted octanol–water partition coefficient (Wildman–Crippen LogP) is 7.53. The lowest BCUT2D eigenvalue weighted by Gasteiger charge is -2.10. The molecule has 0 aliphatic rings. The molecule has 0 radical (unpaired) electrons. The molecule has 0 atom stereocenters. The second-order valence-corrected chi connectivity index (χ2v) is 9.47. The maximum Gasteiger partial charge on any atom is 0.173 e. The molecule has 0 spiro atoms. The number of halogens is 3. The molecule has 1 aromatic heterocycles. The summed E-state index contributed by atoms with van der Waals surface area (Å²) in [6, 6.07) is 23.9. The number of aromatic nitrogens is 1. The predicted molar refractivity (Wildman–Crippen MR) is 139 cm³/mol. The van der Waals surface area contributed by atoms with E-state index in [1.54, 1.807) is 6.21 Å². The van der Waals surface area contributed by atoms with E-state index in [4.69, 9.17) is 9.98 Å². The zero-order valence-corrected chi connectivity index (χ0v) is 21.2. The van der Waals surface area contributed by atoms with Crippen molar-refractivity contribution in [2.75, 3.05) is 0 Å². The van der Waals surface area contributed by atoms with E-state index < -0.39 is 0 Å². The molecule has 0 bridgehead atoms. The third-order valence-electron chi connectivity index (χ3n) is 4.48. The van der Waals surface area contributed by atoms with Gasteiger partial charge in [-0.15, -0.1) is 0 Å². The Balaban J connectivity index is 1.75. The van der Waals surface area contributed by atoms with Crippen molar-refractivity contribution in [2.45, 2.75) is 6.92 Å². The summed E-state index contributed by atoms with van der Waals surface area (Å²) in [6.07, 6.45) is 1.75. The van der Waals surface area contributed by atoms with Gasteiger partial charge in [0.05, 0.1) is 17.4 Å². The van der Waals surface area contributed by atoms with Gasteiger partial charge in [0.25, 0.3) is 0 Å². The van der Waals surface area contributed by atoms with Crippen LogP contribution in [0.1, 0.15) is 16.8 Å². The number of amidine groups is 1. The third kappa shape index (κ3) is 5.47. The zero-order valence-electron chi connectivity index (χ0n) is 16.5. The van der Waals surface area contributed by atoms with Crippen LogP contribution in [0.2, 0.25) is 0 Å².